The smallest absolute Gasteiger partial charge is 0.409 e. The second-order valence-electron chi connectivity index (χ2n) is 4.56. The number of hydrogen-bond donors (Lipinski definition) is 1. The van der Waals surface area contributed by atoms with Crippen molar-refractivity contribution in [2.45, 2.75) is 39.2 Å². The van der Waals surface area contributed by atoms with Crippen molar-refractivity contribution in [2.75, 3.05) is 19.7 Å². The van der Waals surface area contributed by atoms with Gasteiger partial charge in [0, 0.05) is 19.1 Å². The molecule has 0 saturated carbocycles. The van der Waals surface area contributed by atoms with E-state index in [4.69, 9.17) is 10.00 Å². The molecule has 0 aliphatic carbocycles. The molecule has 1 heterocycles. The van der Waals surface area contributed by atoms with Crippen LogP contribution in [0.1, 0.15) is 33.1 Å². The van der Waals surface area contributed by atoms with E-state index in [1.165, 1.54) is 0 Å². The number of likely N-dealkylation sites (tertiary alicyclic amines) is 1. The van der Waals surface area contributed by atoms with Crippen LogP contribution in [0.15, 0.2) is 0 Å². The number of nitriles is 1. The first kappa shape index (κ1) is 15.3. The fourth-order valence-corrected chi connectivity index (χ4v) is 2.06. The summed E-state index contributed by atoms with van der Waals surface area (Å²) >= 11 is 0. The molecule has 0 aromatic heterocycles. The molecule has 106 valence electrons. The van der Waals surface area contributed by atoms with Crippen molar-refractivity contribution >= 4 is 12.0 Å². The molecule has 0 spiro atoms. The van der Waals surface area contributed by atoms with Gasteiger partial charge in [0.1, 0.15) is 5.92 Å². The van der Waals surface area contributed by atoms with Gasteiger partial charge in [-0.25, -0.2) is 4.79 Å². The van der Waals surface area contributed by atoms with Crippen LogP contribution in [0.4, 0.5) is 4.79 Å². The molecule has 6 heteroatoms. The van der Waals surface area contributed by atoms with Crippen molar-refractivity contribution in [1.29, 1.82) is 5.26 Å². The van der Waals surface area contributed by atoms with Gasteiger partial charge in [0.15, 0.2) is 0 Å². The molecule has 0 radical (unpaired) electrons. The molecule has 1 N–H and O–H groups in total. The van der Waals surface area contributed by atoms with E-state index in [0.717, 1.165) is 0 Å². The Balaban J connectivity index is 2.36. The molecule has 0 bridgehead atoms. The molecular formula is C13H21N3O3. The molecule has 1 atom stereocenters. The third-order valence-corrected chi connectivity index (χ3v) is 3.25. The second-order valence-corrected chi connectivity index (χ2v) is 4.56. The van der Waals surface area contributed by atoms with Crippen molar-refractivity contribution < 1.29 is 14.3 Å². The molecule has 0 aromatic carbocycles. The van der Waals surface area contributed by atoms with Crippen LogP contribution in [-0.4, -0.2) is 42.6 Å². The third kappa shape index (κ3) is 4.43. The van der Waals surface area contributed by atoms with Crippen LogP contribution in [0.3, 0.4) is 0 Å². The Morgan fingerprint density at radius 1 is 1.42 bits per heavy atom. The van der Waals surface area contributed by atoms with Crippen molar-refractivity contribution in [1.82, 2.24) is 10.2 Å². The highest BCUT2D eigenvalue weighted by Gasteiger charge is 2.26. The minimum Gasteiger partial charge on any atom is -0.450 e. The van der Waals surface area contributed by atoms with Crippen LogP contribution in [0.2, 0.25) is 0 Å². The van der Waals surface area contributed by atoms with Crippen LogP contribution in [0.5, 0.6) is 0 Å². The minimum atomic E-state index is -0.580. The molecule has 1 aliphatic heterocycles. The second kappa shape index (κ2) is 7.62. The summed E-state index contributed by atoms with van der Waals surface area (Å²) in [7, 11) is 0. The molecule has 1 aliphatic rings. The first-order valence-corrected chi connectivity index (χ1v) is 6.74. The summed E-state index contributed by atoms with van der Waals surface area (Å²) in [5.74, 6) is -0.789. The van der Waals surface area contributed by atoms with Gasteiger partial charge < -0.3 is 15.0 Å². The predicted octanol–water partition coefficient (Wildman–Crippen LogP) is 1.27. The van der Waals surface area contributed by atoms with E-state index in [0.29, 0.717) is 39.0 Å². The van der Waals surface area contributed by atoms with Gasteiger partial charge in [-0.15, -0.1) is 0 Å². The lowest BCUT2D eigenvalue weighted by Crippen LogP contribution is -2.47. The van der Waals surface area contributed by atoms with Crippen LogP contribution < -0.4 is 5.32 Å². The molecule has 2 amide bonds. The number of rotatable bonds is 4. The van der Waals surface area contributed by atoms with Crippen LogP contribution >= 0.6 is 0 Å². The van der Waals surface area contributed by atoms with E-state index < -0.39 is 5.92 Å². The van der Waals surface area contributed by atoms with E-state index in [9.17, 15) is 9.59 Å². The maximum absolute atomic E-state index is 11.8. The predicted molar refractivity (Wildman–Crippen MR) is 69.2 cm³/mol. The van der Waals surface area contributed by atoms with Gasteiger partial charge in [0.2, 0.25) is 5.91 Å². The zero-order valence-electron chi connectivity index (χ0n) is 11.5. The highest BCUT2D eigenvalue weighted by atomic mass is 16.6. The highest BCUT2D eigenvalue weighted by Crippen LogP contribution is 2.12. The van der Waals surface area contributed by atoms with Crippen molar-refractivity contribution in [3.05, 3.63) is 0 Å². The maximum Gasteiger partial charge on any atom is 0.409 e. The maximum atomic E-state index is 11.8. The SMILES string of the molecule is CCOC(=O)N1CCC(NC(=O)C(C#N)CC)CC1. The fourth-order valence-electron chi connectivity index (χ4n) is 2.06. The number of amides is 2. The summed E-state index contributed by atoms with van der Waals surface area (Å²) in [5.41, 5.74) is 0. The largest absolute Gasteiger partial charge is 0.450 e. The average Bonchev–Trinajstić information content (AvgIpc) is 2.41. The number of hydrogen-bond acceptors (Lipinski definition) is 4. The molecule has 1 fully saturated rings. The lowest BCUT2D eigenvalue weighted by molar-refractivity contribution is -0.124. The summed E-state index contributed by atoms with van der Waals surface area (Å²) in [5, 5.41) is 11.7. The molecular weight excluding hydrogens is 246 g/mol. The van der Waals surface area contributed by atoms with Gasteiger partial charge in [-0.05, 0) is 26.2 Å². The Kier molecular flexibility index (Phi) is 6.13. The molecule has 1 rings (SSSR count). The first-order valence-electron chi connectivity index (χ1n) is 6.74. The highest BCUT2D eigenvalue weighted by molar-refractivity contribution is 5.81. The lowest BCUT2D eigenvalue weighted by Gasteiger charge is -2.31. The standard InChI is InChI=1S/C13H21N3O3/c1-3-10(9-14)12(17)15-11-5-7-16(8-6-11)13(18)19-4-2/h10-11H,3-8H2,1-2H3,(H,15,17). The van der Waals surface area contributed by atoms with Gasteiger partial charge in [-0.2, -0.15) is 5.26 Å². The van der Waals surface area contributed by atoms with Crippen molar-refractivity contribution in [2.24, 2.45) is 5.92 Å². The fraction of sp³-hybridized carbons (Fsp3) is 0.769. The number of piperidine rings is 1. The Labute approximate surface area is 113 Å². The zero-order valence-corrected chi connectivity index (χ0v) is 11.5. The van der Waals surface area contributed by atoms with Gasteiger partial charge in [-0.1, -0.05) is 6.92 Å². The normalized spacial score (nSPS) is 17.4. The molecule has 1 unspecified atom stereocenters. The lowest BCUT2D eigenvalue weighted by atomic mass is 10.0. The van der Waals surface area contributed by atoms with E-state index in [-0.39, 0.29) is 18.0 Å². The van der Waals surface area contributed by atoms with Crippen molar-refractivity contribution in [3.8, 4) is 6.07 Å². The summed E-state index contributed by atoms with van der Waals surface area (Å²) < 4.78 is 4.93. The molecule has 6 nitrogen and oxygen atoms in total. The number of carbonyl (C=O) groups excluding carboxylic acids is 2. The van der Waals surface area contributed by atoms with Crippen LogP contribution in [0, 0.1) is 17.2 Å². The number of nitrogens with one attached hydrogen (secondary N) is 1. The minimum absolute atomic E-state index is 0.0422. The number of carbonyl (C=O) groups is 2. The Hall–Kier alpha value is -1.77. The van der Waals surface area contributed by atoms with E-state index in [2.05, 4.69) is 5.32 Å². The van der Waals surface area contributed by atoms with Crippen molar-refractivity contribution in [3.63, 3.8) is 0 Å². The van der Waals surface area contributed by atoms with Gasteiger partial charge in [0.25, 0.3) is 0 Å². The van der Waals surface area contributed by atoms with Crippen LogP contribution in [0.25, 0.3) is 0 Å². The summed E-state index contributed by atoms with van der Waals surface area (Å²) in [6.45, 7) is 5.12. The topological polar surface area (TPSA) is 82.4 Å². The Morgan fingerprint density at radius 2 is 2.05 bits per heavy atom. The zero-order chi connectivity index (χ0) is 14.3. The summed E-state index contributed by atoms with van der Waals surface area (Å²) in [4.78, 5) is 24.9. The first-order chi connectivity index (χ1) is 9.12. The number of nitrogens with zero attached hydrogens (tertiary/aromatic N) is 2. The van der Waals surface area contributed by atoms with E-state index in [1.54, 1.807) is 11.8 Å². The number of ether oxygens (including phenoxy) is 1. The van der Waals surface area contributed by atoms with E-state index in [1.807, 2.05) is 13.0 Å². The van der Waals surface area contributed by atoms with E-state index >= 15 is 0 Å². The average molecular weight is 267 g/mol. The summed E-state index contributed by atoms with van der Waals surface area (Å²) in [6.07, 6.45) is 1.62. The third-order valence-electron chi connectivity index (χ3n) is 3.25. The van der Waals surface area contributed by atoms with Gasteiger partial charge in [0.05, 0.1) is 12.7 Å². The molecule has 0 aromatic rings. The van der Waals surface area contributed by atoms with Crippen LogP contribution in [-0.2, 0) is 9.53 Å². The van der Waals surface area contributed by atoms with Gasteiger partial charge in [-0.3, -0.25) is 4.79 Å². The molecule has 1 saturated heterocycles. The molecule has 19 heavy (non-hydrogen) atoms. The quantitative estimate of drug-likeness (QED) is 0.831. The Morgan fingerprint density at radius 3 is 2.53 bits per heavy atom. The Bertz CT molecular complexity index is 357. The van der Waals surface area contributed by atoms with Gasteiger partial charge >= 0.3 is 6.09 Å². The monoisotopic (exact) mass is 267 g/mol. The summed E-state index contributed by atoms with van der Waals surface area (Å²) in [6, 6.07) is 2.03.